The summed E-state index contributed by atoms with van der Waals surface area (Å²) in [4.78, 5) is 11.0. The summed E-state index contributed by atoms with van der Waals surface area (Å²) in [5.41, 5.74) is 4.11. The van der Waals surface area contributed by atoms with Crippen molar-refractivity contribution in [3.05, 3.63) is 4.60 Å². The Balaban J connectivity index is 2.36. The fourth-order valence-corrected chi connectivity index (χ4v) is 4.44. The molecular formula is C8H12BrN5O4S. The lowest BCUT2D eigenvalue weighted by Gasteiger charge is -2.19. The van der Waals surface area contributed by atoms with Crippen LogP contribution in [0, 0.1) is 0 Å². The number of nitrogens with two attached hydrogens (primary N) is 1. The van der Waals surface area contributed by atoms with Gasteiger partial charge in [0.1, 0.15) is 5.54 Å². The second-order valence-corrected chi connectivity index (χ2v) is 6.96. The van der Waals surface area contributed by atoms with Crippen molar-refractivity contribution in [1.29, 1.82) is 0 Å². The van der Waals surface area contributed by atoms with Gasteiger partial charge in [-0.3, -0.25) is 4.79 Å². The summed E-state index contributed by atoms with van der Waals surface area (Å²) in [6, 6.07) is 0. The third-order valence-corrected chi connectivity index (χ3v) is 5.75. The van der Waals surface area contributed by atoms with Crippen LogP contribution in [0.4, 0.5) is 0 Å². The molecule has 2 heterocycles. The number of hydrogen-bond donors (Lipinski definition) is 2. The molecule has 1 aromatic heterocycles. The number of aryl methyl sites for hydroxylation is 1. The van der Waals surface area contributed by atoms with Crippen LogP contribution in [0.2, 0.25) is 0 Å². The Bertz CT molecular complexity index is 610. The second kappa shape index (κ2) is 4.51. The molecule has 2 rings (SSSR count). The lowest BCUT2D eigenvalue weighted by molar-refractivity contribution is -0.142. The van der Waals surface area contributed by atoms with Crippen molar-refractivity contribution in [2.75, 3.05) is 13.1 Å². The Kier molecular flexibility index (Phi) is 3.41. The summed E-state index contributed by atoms with van der Waals surface area (Å²) < 4.78 is 27.0. The van der Waals surface area contributed by atoms with E-state index in [2.05, 4.69) is 26.2 Å². The number of aliphatic carboxylic acids is 1. The number of carbonyl (C=O) groups is 1. The highest BCUT2D eigenvalue weighted by Crippen LogP contribution is 2.28. The average Bonchev–Trinajstić information content (AvgIpc) is 2.84. The molecule has 19 heavy (non-hydrogen) atoms. The number of aromatic nitrogens is 3. The lowest BCUT2D eigenvalue weighted by atomic mass is 10.0. The average molecular weight is 354 g/mol. The number of sulfonamides is 1. The van der Waals surface area contributed by atoms with E-state index in [1.807, 2.05) is 0 Å². The number of carboxylic acids is 1. The zero-order valence-corrected chi connectivity index (χ0v) is 12.3. The van der Waals surface area contributed by atoms with E-state index in [4.69, 9.17) is 10.8 Å². The Morgan fingerprint density at radius 2 is 2.21 bits per heavy atom. The molecule has 106 valence electrons. The van der Waals surface area contributed by atoms with Gasteiger partial charge in [-0.1, -0.05) is 5.21 Å². The van der Waals surface area contributed by atoms with Gasteiger partial charge >= 0.3 is 5.97 Å². The third-order valence-electron chi connectivity index (χ3n) is 3.01. The van der Waals surface area contributed by atoms with Crippen molar-refractivity contribution in [3.8, 4) is 0 Å². The van der Waals surface area contributed by atoms with E-state index in [1.165, 1.54) is 7.05 Å². The fourth-order valence-electron chi connectivity index (χ4n) is 1.90. The highest BCUT2D eigenvalue weighted by atomic mass is 79.9. The molecular weight excluding hydrogens is 342 g/mol. The smallest absolute Gasteiger partial charge is 0.325 e. The zero-order valence-electron chi connectivity index (χ0n) is 9.95. The van der Waals surface area contributed by atoms with Crippen LogP contribution in [0.1, 0.15) is 6.42 Å². The minimum absolute atomic E-state index is 0.0444. The molecule has 0 amide bonds. The topological polar surface area (TPSA) is 131 Å². The maximum absolute atomic E-state index is 12.4. The van der Waals surface area contributed by atoms with Crippen LogP contribution >= 0.6 is 15.9 Å². The first-order valence-electron chi connectivity index (χ1n) is 5.26. The van der Waals surface area contributed by atoms with Gasteiger partial charge < -0.3 is 10.8 Å². The van der Waals surface area contributed by atoms with Gasteiger partial charge in [-0.05, 0) is 22.4 Å². The fraction of sp³-hybridized carbons (Fsp3) is 0.625. The largest absolute Gasteiger partial charge is 0.480 e. The number of rotatable bonds is 3. The molecule has 1 atom stereocenters. The molecule has 1 aliphatic heterocycles. The van der Waals surface area contributed by atoms with E-state index in [1.54, 1.807) is 0 Å². The summed E-state index contributed by atoms with van der Waals surface area (Å²) in [5.74, 6) is -1.22. The Hall–Kier alpha value is -1.04. The summed E-state index contributed by atoms with van der Waals surface area (Å²) in [6.07, 6.45) is 0.0600. The minimum Gasteiger partial charge on any atom is -0.480 e. The van der Waals surface area contributed by atoms with Crippen LogP contribution in [-0.2, 0) is 21.9 Å². The Labute approximate surface area is 117 Å². The summed E-state index contributed by atoms with van der Waals surface area (Å²) in [6.45, 7) is -0.231. The molecule has 0 aromatic carbocycles. The molecule has 1 aliphatic rings. The van der Waals surface area contributed by atoms with Crippen molar-refractivity contribution in [3.63, 3.8) is 0 Å². The van der Waals surface area contributed by atoms with Gasteiger partial charge in [0.2, 0.25) is 5.03 Å². The first-order chi connectivity index (χ1) is 8.68. The van der Waals surface area contributed by atoms with Gasteiger partial charge in [0.25, 0.3) is 10.0 Å². The van der Waals surface area contributed by atoms with E-state index < -0.39 is 21.5 Å². The molecule has 0 bridgehead atoms. The zero-order chi connectivity index (χ0) is 14.4. The van der Waals surface area contributed by atoms with Crippen molar-refractivity contribution < 1.29 is 18.3 Å². The van der Waals surface area contributed by atoms with E-state index in [9.17, 15) is 13.2 Å². The summed E-state index contributed by atoms with van der Waals surface area (Å²) in [7, 11) is -2.44. The number of halogens is 1. The standard InChI is InChI=1S/C8H12BrN5O4S/c1-13-6(5(9)11-12-13)19(17,18)14-3-2-8(10,4-14)7(15)16/h2-4,10H2,1H3,(H,15,16). The maximum atomic E-state index is 12.4. The van der Waals surface area contributed by atoms with Gasteiger partial charge in [-0.15, -0.1) is 5.10 Å². The normalized spacial score (nSPS) is 24.8. The highest BCUT2D eigenvalue weighted by molar-refractivity contribution is 9.10. The second-order valence-electron chi connectivity index (χ2n) is 4.36. The lowest BCUT2D eigenvalue weighted by Crippen LogP contribution is -2.50. The molecule has 1 saturated heterocycles. The molecule has 0 radical (unpaired) electrons. The minimum atomic E-state index is -3.88. The van der Waals surface area contributed by atoms with E-state index in [0.717, 1.165) is 8.99 Å². The van der Waals surface area contributed by atoms with Crippen LogP contribution in [0.15, 0.2) is 9.63 Å². The van der Waals surface area contributed by atoms with Crippen LogP contribution in [-0.4, -0.2) is 57.4 Å². The summed E-state index contributed by atoms with van der Waals surface area (Å²) >= 11 is 3.01. The van der Waals surface area contributed by atoms with Gasteiger partial charge in [-0.25, -0.2) is 13.1 Å². The van der Waals surface area contributed by atoms with Crippen LogP contribution < -0.4 is 5.73 Å². The quantitative estimate of drug-likeness (QED) is 0.694. The van der Waals surface area contributed by atoms with Gasteiger partial charge in [-0.2, -0.15) is 4.31 Å². The number of nitrogens with zero attached hydrogens (tertiary/aromatic N) is 4. The molecule has 0 aliphatic carbocycles. The molecule has 1 unspecified atom stereocenters. The predicted octanol–water partition coefficient (Wildman–Crippen LogP) is -1.25. The Morgan fingerprint density at radius 1 is 1.58 bits per heavy atom. The monoisotopic (exact) mass is 353 g/mol. The molecule has 11 heteroatoms. The van der Waals surface area contributed by atoms with Crippen molar-refractivity contribution in [2.24, 2.45) is 12.8 Å². The van der Waals surface area contributed by atoms with Crippen LogP contribution in [0.3, 0.4) is 0 Å². The molecule has 0 saturated carbocycles. The first kappa shape index (κ1) is 14.4. The summed E-state index contributed by atoms with van der Waals surface area (Å²) in [5, 5.41) is 16.1. The Morgan fingerprint density at radius 3 is 2.63 bits per heavy atom. The molecule has 1 aromatic rings. The van der Waals surface area contributed by atoms with Gasteiger partial charge in [0.15, 0.2) is 4.60 Å². The van der Waals surface area contributed by atoms with Gasteiger partial charge in [0, 0.05) is 20.1 Å². The highest BCUT2D eigenvalue weighted by Gasteiger charge is 2.46. The first-order valence-corrected chi connectivity index (χ1v) is 7.49. The van der Waals surface area contributed by atoms with E-state index in [-0.39, 0.29) is 29.1 Å². The molecule has 9 nitrogen and oxygen atoms in total. The predicted molar refractivity (Wildman–Crippen MR) is 66.6 cm³/mol. The number of carboxylic acid groups (broad SMARTS) is 1. The number of hydrogen-bond acceptors (Lipinski definition) is 6. The van der Waals surface area contributed by atoms with E-state index >= 15 is 0 Å². The maximum Gasteiger partial charge on any atom is 0.325 e. The van der Waals surface area contributed by atoms with Crippen LogP contribution in [0.5, 0.6) is 0 Å². The van der Waals surface area contributed by atoms with Crippen molar-refractivity contribution in [2.45, 2.75) is 17.0 Å². The molecule has 0 spiro atoms. The van der Waals surface area contributed by atoms with Gasteiger partial charge in [0.05, 0.1) is 0 Å². The SMILES string of the molecule is Cn1nnc(Br)c1S(=O)(=O)N1CCC(N)(C(=O)O)C1. The van der Waals surface area contributed by atoms with Crippen LogP contribution in [0.25, 0.3) is 0 Å². The molecule has 1 fully saturated rings. The van der Waals surface area contributed by atoms with Crippen molar-refractivity contribution >= 4 is 31.9 Å². The van der Waals surface area contributed by atoms with Crippen molar-refractivity contribution in [1.82, 2.24) is 19.3 Å². The molecule has 3 N–H and O–H groups in total. The van der Waals surface area contributed by atoms with E-state index in [0.29, 0.717) is 0 Å². The third kappa shape index (κ3) is 2.26.